The zero-order chi connectivity index (χ0) is 24.5. The summed E-state index contributed by atoms with van der Waals surface area (Å²) in [7, 11) is -1.62. The molecule has 4 rings (SSSR count). The van der Waals surface area contributed by atoms with Crippen molar-refractivity contribution in [1.82, 2.24) is 9.97 Å². The summed E-state index contributed by atoms with van der Waals surface area (Å²) in [6.07, 6.45) is 3.79. The molecule has 0 bridgehead atoms. The number of H-pyrrole nitrogens is 1. The number of benzene rings is 2. The number of fused-ring (bicyclic) bond motifs is 1. The molecule has 0 radical (unpaired) electrons. The maximum atomic E-state index is 14.3. The second-order valence-corrected chi connectivity index (χ2v) is 10.4. The molecule has 34 heavy (non-hydrogen) atoms. The Labute approximate surface area is 196 Å². The van der Waals surface area contributed by atoms with Gasteiger partial charge in [0.05, 0.1) is 12.9 Å². The third-order valence-corrected chi connectivity index (χ3v) is 7.35. The van der Waals surface area contributed by atoms with Gasteiger partial charge in [0, 0.05) is 40.7 Å². The molecule has 0 aliphatic rings. The van der Waals surface area contributed by atoms with E-state index in [1.54, 1.807) is 31.5 Å². The summed E-state index contributed by atoms with van der Waals surface area (Å²) in [5, 5.41) is 0.842. The van der Waals surface area contributed by atoms with Crippen LogP contribution in [0.3, 0.4) is 0 Å². The molecular weight excluding hydrogens is 462 g/mol. The SMILES string of the molecule is CCS(=O)(=O)CCc1ccc(Oc2ccc(F)cc2F)c(-c2c[nH]c3c(OC)ncc(C)c23)c1. The lowest BCUT2D eigenvalue weighted by Gasteiger charge is -2.14. The van der Waals surface area contributed by atoms with Crippen LogP contribution < -0.4 is 9.47 Å². The van der Waals surface area contributed by atoms with E-state index in [2.05, 4.69) is 9.97 Å². The van der Waals surface area contributed by atoms with Gasteiger partial charge in [0.1, 0.15) is 26.9 Å². The Bertz CT molecular complexity index is 1470. The van der Waals surface area contributed by atoms with E-state index in [1.807, 2.05) is 13.0 Å². The van der Waals surface area contributed by atoms with E-state index in [-0.39, 0.29) is 17.3 Å². The molecule has 2 aromatic heterocycles. The van der Waals surface area contributed by atoms with Crippen molar-refractivity contribution in [1.29, 1.82) is 0 Å². The summed E-state index contributed by atoms with van der Waals surface area (Å²) in [4.78, 5) is 7.47. The number of methoxy groups -OCH3 is 1. The summed E-state index contributed by atoms with van der Waals surface area (Å²) in [6, 6.07) is 8.34. The van der Waals surface area contributed by atoms with E-state index in [0.717, 1.165) is 34.2 Å². The summed E-state index contributed by atoms with van der Waals surface area (Å²) in [5.74, 6) is -0.818. The minimum Gasteiger partial charge on any atom is -0.479 e. The number of aryl methyl sites for hydroxylation is 2. The van der Waals surface area contributed by atoms with E-state index >= 15 is 0 Å². The molecular formula is C25H24F2N2O4S. The van der Waals surface area contributed by atoms with Gasteiger partial charge < -0.3 is 14.5 Å². The lowest BCUT2D eigenvalue weighted by atomic mass is 9.99. The molecule has 0 aliphatic carbocycles. The average Bonchev–Trinajstić information content (AvgIpc) is 3.26. The number of halogens is 2. The first kappa shape index (κ1) is 23.7. The second kappa shape index (κ2) is 9.42. The zero-order valence-electron chi connectivity index (χ0n) is 19.0. The first-order valence-electron chi connectivity index (χ1n) is 10.7. The second-order valence-electron chi connectivity index (χ2n) is 7.90. The molecule has 9 heteroatoms. The fourth-order valence-corrected chi connectivity index (χ4v) is 4.61. The normalized spacial score (nSPS) is 11.7. The van der Waals surface area contributed by atoms with Crippen LogP contribution in [0.2, 0.25) is 0 Å². The first-order chi connectivity index (χ1) is 16.2. The summed E-state index contributed by atoms with van der Waals surface area (Å²) >= 11 is 0. The zero-order valence-corrected chi connectivity index (χ0v) is 19.8. The Morgan fingerprint density at radius 3 is 2.53 bits per heavy atom. The molecule has 0 saturated carbocycles. The Morgan fingerprint density at radius 1 is 1.06 bits per heavy atom. The monoisotopic (exact) mass is 486 g/mol. The van der Waals surface area contributed by atoms with Gasteiger partial charge in [-0.05, 0) is 48.7 Å². The summed E-state index contributed by atoms with van der Waals surface area (Å²) < 4.78 is 63.0. The highest BCUT2D eigenvalue weighted by atomic mass is 32.2. The third-order valence-electron chi connectivity index (χ3n) is 5.65. The lowest BCUT2D eigenvalue weighted by molar-refractivity contribution is 0.402. The molecule has 0 spiro atoms. The van der Waals surface area contributed by atoms with Crippen molar-refractivity contribution < 1.29 is 26.7 Å². The van der Waals surface area contributed by atoms with Gasteiger partial charge in [0.15, 0.2) is 11.6 Å². The van der Waals surface area contributed by atoms with E-state index in [1.165, 1.54) is 13.2 Å². The van der Waals surface area contributed by atoms with Crippen LogP contribution in [0.1, 0.15) is 18.1 Å². The van der Waals surface area contributed by atoms with Gasteiger partial charge in [-0.25, -0.2) is 22.2 Å². The van der Waals surface area contributed by atoms with Gasteiger partial charge in [0.2, 0.25) is 5.88 Å². The smallest absolute Gasteiger partial charge is 0.238 e. The summed E-state index contributed by atoms with van der Waals surface area (Å²) in [6.45, 7) is 3.52. The molecule has 0 saturated heterocycles. The molecule has 0 amide bonds. The number of aromatic amines is 1. The number of rotatable bonds is 8. The van der Waals surface area contributed by atoms with Crippen LogP contribution in [0.15, 0.2) is 48.8 Å². The standard InChI is InChI=1S/C25H24F2N2O4S/c1-4-34(30,31)10-9-16-5-7-21(33-22-8-6-17(26)12-20(22)27)18(11-16)19-14-28-24-23(19)15(2)13-29-25(24)32-3/h5-8,11-14,28H,4,9-10H2,1-3H3. The third kappa shape index (κ3) is 4.75. The van der Waals surface area contributed by atoms with Crippen LogP contribution in [0, 0.1) is 18.6 Å². The van der Waals surface area contributed by atoms with Gasteiger partial charge >= 0.3 is 0 Å². The predicted molar refractivity (Wildman–Crippen MR) is 127 cm³/mol. The van der Waals surface area contributed by atoms with Crippen LogP contribution in [0.25, 0.3) is 22.0 Å². The molecule has 6 nitrogen and oxygen atoms in total. The minimum absolute atomic E-state index is 0.0143. The number of ether oxygens (including phenoxy) is 2. The molecule has 0 atom stereocenters. The fraction of sp³-hybridized carbons (Fsp3) is 0.240. The number of hydrogen-bond acceptors (Lipinski definition) is 5. The highest BCUT2D eigenvalue weighted by Crippen LogP contribution is 2.41. The minimum atomic E-state index is -3.15. The van der Waals surface area contributed by atoms with Crippen molar-refractivity contribution in [2.75, 3.05) is 18.6 Å². The number of nitrogens with one attached hydrogen (secondary N) is 1. The lowest BCUT2D eigenvalue weighted by Crippen LogP contribution is -2.10. The van der Waals surface area contributed by atoms with Crippen molar-refractivity contribution in [3.05, 3.63) is 71.6 Å². The fourth-order valence-electron chi connectivity index (χ4n) is 3.78. The molecule has 178 valence electrons. The Hall–Kier alpha value is -3.46. The summed E-state index contributed by atoms with van der Waals surface area (Å²) in [5.41, 5.74) is 3.73. The first-order valence-corrected chi connectivity index (χ1v) is 12.5. The van der Waals surface area contributed by atoms with Crippen LogP contribution in [0.5, 0.6) is 17.4 Å². The average molecular weight is 487 g/mol. The van der Waals surface area contributed by atoms with Crippen LogP contribution in [-0.2, 0) is 16.3 Å². The van der Waals surface area contributed by atoms with Crippen molar-refractivity contribution in [2.24, 2.45) is 0 Å². The molecule has 1 N–H and O–H groups in total. The maximum absolute atomic E-state index is 14.3. The highest BCUT2D eigenvalue weighted by molar-refractivity contribution is 7.91. The number of hydrogen-bond donors (Lipinski definition) is 1. The quantitative estimate of drug-likeness (QED) is 0.351. The number of sulfone groups is 1. The largest absolute Gasteiger partial charge is 0.479 e. The molecule has 2 aromatic carbocycles. The van der Waals surface area contributed by atoms with Crippen LogP contribution in [0.4, 0.5) is 8.78 Å². The Balaban J connectivity index is 1.85. The Kier molecular flexibility index (Phi) is 6.56. The predicted octanol–water partition coefficient (Wildman–Crippen LogP) is 5.59. The number of pyridine rings is 1. The molecule has 0 unspecified atom stereocenters. The van der Waals surface area contributed by atoms with Gasteiger partial charge in [-0.3, -0.25) is 0 Å². The molecule has 0 fully saturated rings. The molecule has 4 aromatic rings. The van der Waals surface area contributed by atoms with E-state index in [4.69, 9.17) is 9.47 Å². The van der Waals surface area contributed by atoms with Crippen molar-refractivity contribution >= 4 is 20.7 Å². The topological polar surface area (TPSA) is 81.3 Å². The number of aromatic nitrogens is 2. The van der Waals surface area contributed by atoms with Gasteiger partial charge in [-0.1, -0.05) is 13.0 Å². The molecule has 0 aliphatic heterocycles. The van der Waals surface area contributed by atoms with Crippen LogP contribution in [-0.4, -0.2) is 37.0 Å². The van der Waals surface area contributed by atoms with E-state index in [0.29, 0.717) is 29.1 Å². The van der Waals surface area contributed by atoms with E-state index < -0.39 is 21.5 Å². The van der Waals surface area contributed by atoms with Gasteiger partial charge in [-0.15, -0.1) is 0 Å². The van der Waals surface area contributed by atoms with Crippen molar-refractivity contribution in [3.8, 4) is 28.5 Å². The van der Waals surface area contributed by atoms with Crippen molar-refractivity contribution in [3.63, 3.8) is 0 Å². The number of nitrogens with zero attached hydrogens (tertiary/aromatic N) is 1. The van der Waals surface area contributed by atoms with Crippen LogP contribution >= 0.6 is 0 Å². The maximum Gasteiger partial charge on any atom is 0.238 e. The van der Waals surface area contributed by atoms with Gasteiger partial charge in [0.25, 0.3) is 0 Å². The van der Waals surface area contributed by atoms with Gasteiger partial charge in [-0.2, -0.15) is 0 Å². The molecule has 2 heterocycles. The Morgan fingerprint density at radius 2 is 1.82 bits per heavy atom. The highest BCUT2D eigenvalue weighted by Gasteiger charge is 2.19. The van der Waals surface area contributed by atoms with Crippen molar-refractivity contribution in [2.45, 2.75) is 20.3 Å². The van der Waals surface area contributed by atoms with E-state index in [9.17, 15) is 17.2 Å².